The predicted molar refractivity (Wildman–Crippen MR) is 90.4 cm³/mol. The van der Waals surface area contributed by atoms with Gasteiger partial charge in [0.15, 0.2) is 11.6 Å². The number of carbonyl (C=O) groups is 1. The minimum absolute atomic E-state index is 0.00346. The highest BCUT2D eigenvalue weighted by Crippen LogP contribution is 2.41. The summed E-state index contributed by atoms with van der Waals surface area (Å²) in [4.78, 5) is 24.2. The summed E-state index contributed by atoms with van der Waals surface area (Å²) >= 11 is 0. The molecule has 2 N–H and O–H groups in total. The van der Waals surface area contributed by atoms with Crippen LogP contribution in [0.2, 0.25) is 0 Å². The maximum absolute atomic E-state index is 15.5. The lowest BCUT2D eigenvalue weighted by atomic mass is 10.1. The third-order valence-electron chi connectivity index (χ3n) is 4.06. The average molecular weight is 355 g/mol. The number of nitrogens with one attached hydrogen (secondary N) is 1. The topological polar surface area (TPSA) is 83.8 Å². The number of carboxylic acid groups (broad SMARTS) is 1. The first-order chi connectivity index (χ1) is 15.0. The Labute approximate surface area is 153 Å². The van der Waals surface area contributed by atoms with E-state index >= 15 is 4.39 Å². The van der Waals surface area contributed by atoms with Crippen molar-refractivity contribution in [3.8, 4) is 5.75 Å². The summed E-state index contributed by atoms with van der Waals surface area (Å²) in [6.07, 6.45) is 1.02. The van der Waals surface area contributed by atoms with E-state index in [0.717, 1.165) is 6.20 Å². The summed E-state index contributed by atoms with van der Waals surface area (Å²) in [5.74, 6) is -3.50. The molecule has 25 heavy (non-hydrogen) atoms. The maximum atomic E-state index is 15.5. The fourth-order valence-electron chi connectivity index (χ4n) is 2.91. The van der Waals surface area contributed by atoms with Gasteiger partial charge in [-0.1, -0.05) is 0 Å². The molecule has 0 bridgehead atoms. The number of rotatable bonds is 2. The highest BCUT2D eigenvalue weighted by atomic mass is 19.1. The van der Waals surface area contributed by atoms with E-state index in [0.29, 0.717) is 6.07 Å². The van der Waals surface area contributed by atoms with Crippen LogP contribution in [-0.4, -0.2) is 48.2 Å². The molecule has 8 heteroatoms. The van der Waals surface area contributed by atoms with Crippen molar-refractivity contribution in [1.29, 1.82) is 0 Å². The molecule has 0 unspecified atom stereocenters. The molecular formula is C17H18FN3O4. The van der Waals surface area contributed by atoms with Gasteiger partial charge in [-0.2, -0.15) is 0 Å². The number of nitrogens with zero attached hydrogens (tertiary/aromatic N) is 2. The zero-order valence-electron chi connectivity index (χ0n) is 20.9. The Hall–Kier alpha value is -2.61. The quantitative estimate of drug-likeness (QED) is 0.842. The first-order valence-electron chi connectivity index (χ1n) is 11.3. The summed E-state index contributed by atoms with van der Waals surface area (Å²) in [5, 5.41) is 10.6. The predicted octanol–water partition coefficient (Wildman–Crippen LogP) is 1.20. The van der Waals surface area contributed by atoms with Crippen molar-refractivity contribution >= 4 is 22.6 Å². The number of hydrogen-bond acceptors (Lipinski definition) is 5. The molecule has 7 nitrogen and oxygen atoms in total. The highest BCUT2D eigenvalue weighted by Gasteiger charge is 2.30. The van der Waals surface area contributed by atoms with Gasteiger partial charge in [0.1, 0.15) is 17.9 Å². The molecule has 0 aliphatic carbocycles. The van der Waals surface area contributed by atoms with Gasteiger partial charge in [-0.15, -0.1) is 0 Å². The average Bonchev–Trinajstić information content (AvgIpc) is 2.65. The Morgan fingerprint density at radius 3 is 2.88 bits per heavy atom. The van der Waals surface area contributed by atoms with Crippen LogP contribution in [0.1, 0.15) is 34.3 Å². The van der Waals surface area contributed by atoms with Crippen molar-refractivity contribution in [2.75, 3.05) is 37.5 Å². The molecule has 2 aliphatic rings. The lowest BCUT2D eigenvalue weighted by Crippen LogP contribution is -2.44. The first kappa shape index (κ1) is 9.19. The number of aromatic carboxylic acids is 1. The molecule has 0 spiro atoms. The highest BCUT2D eigenvalue weighted by molar-refractivity contribution is 5.97. The lowest BCUT2D eigenvalue weighted by molar-refractivity contribution is 0.0694. The van der Waals surface area contributed by atoms with Gasteiger partial charge in [-0.05, 0) is 13.0 Å². The number of hydrogen-bond donors (Lipinski definition) is 2. The summed E-state index contributed by atoms with van der Waals surface area (Å²) in [6, 6.07) is 0.0478. The molecular weight excluding hydrogens is 329 g/mol. The Morgan fingerprint density at radius 1 is 1.48 bits per heavy atom. The second kappa shape index (κ2) is 5.73. The zero-order valence-corrected chi connectivity index (χ0v) is 12.9. The summed E-state index contributed by atoms with van der Waals surface area (Å²) in [7, 11) is 0. The molecule has 1 fully saturated rings. The Morgan fingerprint density at radius 2 is 2.20 bits per heavy atom. The number of aromatic nitrogens is 1. The fourth-order valence-corrected chi connectivity index (χ4v) is 2.91. The van der Waals surface area contributed by atoms with Crippen molar-refractivity contribution in [2.45, 2.75) is 13.0 Å². The van der Waals surface area contributed by atoms with Crippen molar-refractivity contribution in [3.63, 3.8) is 0 Å². The molecule has 0 radical (unpaired) electrons. The van der Waals surface area contributed by atoms with Crippen LogP contribution in [0.25, 0.3) is 10.9 Å². The van der Waals surface area contributed by atoms with Crippen LogP contribution in [0.5, 0.6) is 5.75 Å². The first-order valence-corrected chi connectivity index (χ1v) is 7.33. The number of ether oxygens (including phenoxy) is 1. The van der Waals surface area contributed by atoms with Crippen LogP contribution in [0.3, 0.4) is 0 Å². The van der Waals surface area contributed by atoms with Gasteiger partial charge in [0.05, 0.1) is 22.4 Å². The summed E-state index contributed by atoms with van der Waals surface area (Å²) in [6.45, 7) is -11.6. The van der Waals surface area contributed by atoms with E-state index in [4.69, 9.17) is 15.7 Å². The molecule has 1 aromatic heterocycles. The van der Waals surface area contributed by atoms with Crippen molar-refractivity contribution in [3.05, 3.63) is 33.9 Å². The summed E-state index contributed by atoms with van der Waals surface area (Å²) in [5.41, 5.74) is -2.77. The van der Waals surface area contributed by atoms with Crippen LogP contribution in [-0.2, 0) is 0 Å². The van der Waals surface area contributed by atoms with Gasteiger partial charge >= 0.3 is 5.97 Å². The third kappa shape index (κ3) is 2.36. The molecule has 0 amide bonds. The standard InChI is InChI=1S/C17H18FN3O4/c1-9-8-25-16-13-10(15(22)11(17(23)24)7-21(9)13)6-12(18)14(16)20-4-2-19-3-5-20/h6-7,9,19H,2-5,8H2,1H3,(H,23,24)/t9-/m1/s1/i2D2,3D2,4D2,5D2. The van der Waals surface area contributed by atoms with Gasteiger partial charge in [-0.3, -0.25) is 4.79 Å². The smallest absolute Gasteiger partial charge is 0.341 e. The van der Waals surface area contributed by atoms with Gasteiger partial charge in [0, 0.05) is 37.7 Å². The minimum atomic E-state index is -3.34. The molecule has 3 heterocycles. The second-order valence-corrected chi connectivity index (χ2v) is 5.61. The van der Waals surface area contributed by atoms with Crippen LogP contribution in [0.4, 0.5) is 10.1 Å². The van der Waals surface area contributed by atoms with Gasteiger partial charge in [0.2, 0.25) is 5.43 Å². The van der Waals surface area contributed by atoms with E-state index in [-0.39, 0.29) is 17.0 Å². The van der Waals surface area contributed by atoms with E-state index < -0.39 is 71.6 Å². The Bertz CT molecular complexity index is 1240. The number of carboxylic acids is 1. The SMILES string of the molecule is [2H]C1([2H])NC([2H])([2H])C([2H])([2H])N(c2c(F)cc3c(=O)c(C(=O)O)cn4c3c2OC[C@H]4C)C1([2H])[2H]. The third-order valence-corrected chi connectivity index (χ3v) is 4.06. The normalized spacial score (nSPS) is 32.6. The molecule has 1 atom stereocenters. The maximum Gasteiger partial charge on any atom is 0.341 e. The lowest BCUT2D eigenvalue weighted by Gasteiger charge is -2.34. The van der Waals surface area contributed by atoms with Crippen LogP contribution < -0.4 is 20.4 Å². The monoisotopic (exact) mass is 355 g/mol. The Balaban J connectivity index is 2.15. The van der Waals surface area contributed by atoms with E-state index in [1.54, 1.807) is 12.2 Å². The van der Waals surface area contributed by atoms with E-state index in [1.165, 1.54) is 4.57 Å². The fraction of sp³-hybridized carbons (Fsp3) is 0.412. The number of piperazine rings is 1. The number of benzene rings is 1. The number of pyridine rings is 1. The Kier molecular flexibility index (Phi) is 2.11. The molecule has 2 aliphatic heterocycles. The molecule has 0 saturated carbocycles. The van der Waals surface area contributed by atoms with Crippen LogP contribution >= 0.6 is 0 Å². The van der Waals surface area contributed by atoms with Gasteiger partial charge < -0.3 is 24.6 Å². The van der Waals surface area contributed by atoms with Crippen LogP contribution in [0, 0.1) is 5.82 Å². The molecule has 4 rings (SSSR count). The zero-order chi connectivity index (χ0) is 24.9. The molecule has 132 valence electrons. The molecule has 2 aromatic rings. The number of halogens is 1. The molecule has 1 saturated heterocycles. The van der Waals surface area contributed by atoms with Crippen molar-refractivity contribution in [1.82, 2.24) is 9.88 Å². The number of anilines is 1. The van der Waals surface area contributed by atoms with Crippen molar-refractivity contribution in [2.24, 2.45) is 0 Å². The van der Waals surface area contributed by atoms with E-state index in [1.807, 2.05) is 0 Å². The van der Waals surface area contributed by atoms with E-state index in [2.05, 4.69) is 0 Å². The van der Waals surface area contributed by atoms with Gasteiger partial charge in [-0.25, -0.2) is 9.18 Å². The minimum Gasteiger partial charge on any atom is -0.487 e. The second-order valence-electron chi connectivity index (χ2n) is 5.61. The summed E-state index contributed by atoms with van der Waals surface area (Å²) < 4.78 is 87.2. The van der Waals surface area contributed by atoms with Gasteiger partial charge in [0.25, 0.3) is 0 Å². The van der Waals surface area contributed by atoms with E-state index in [9.17, 15) is 14.7 Å². The largest absolute Gasteiger partial charge is 0.487 e. The van der Waals surface area contributed by atoms with Crippen molar-refractivity contribution < 1.29 is 30.0 Å². The van der Waals surface area contributed by atoms with Crippen LogP contribution in [0.15, 0.2) is 17.1 Å². The molecule has 1 aromatic carbocycles.